The van der Waals surface area contributed by atoms with Crippen molar-refractivity contribution in [3.8, 4) is 5.88 Å². The number of nitrogens with one attached hydrogen (secondary N) is 1. The third-order valence-electron chi connectivity index (χ3n) is 5.68. The second-order valence-electron chi connectivity index (χ2n) is 8.12. The van der Waals surface area contributed by atoms with E-state index in [-0.39, 0.29) is 11.8 Å². The quantitative estimate of drug-likeness (QED) is 0.375. The Kier molecular flexibility index (Phi) is 6.81. The molecular weight excluding hydrogens is 460 g/mol. The van der Waals surface area contributed by atoms with Gasteiger partial charge in [-0.05, 0) is 35.6 Å². The molecule has 1 aliphatic heterocycles. The van der Waals surface area contributed by atoms with E-state index in [2.05, 4.69) is 15.3 Å². The smallest absolute Gasteiger partial charge is 0.266 e. The van der Waals surface area contributed by atoms with Gasteiger partial charge in [-0.15, -0.1) is 11.3 Å². The summed E-state index contributed by atoms with van der Waals surface area (Å²) in [6.45, 7) is 1.57. The van der Waals surface area contributed by atoms with Gasteiger partial charge in [0, 0.05) is 17.7 Å². The highest BCUT2D eigenvalue weighted by molar-refractivity contribution is 7.20. The van der Waals surface area contributed by atoms with Crippen LogP contribution in [0.15, 0.2) is 66.9 Å². The maximum atomic E-state index is 13.1. The van der Waals surface area contributed by atoms with Crippen molar-refractivity contribution >= 4 is 51.2 Å². The van der Waals surface area contributed by atoms with Crippen LogP contribution in [0.1, 0.15) is 33.8 Å². The molecule has 0 bridgehead atoms. The Morgan fingerprint density at radius 2 is 1.94 bits per heavy atom. The number of hydrogen-bond donors (Lipinski definition) is 1. The van der Waals surface area contributed by atoms with Crippen LogP contribution in [0, 0.1) is 0 Å². The van der Waals surface area contributed by atoms with E-state index in [4.69, 9.17) is 4.74 Å². The summed E-state index contributed by atoms with van der Waals surface area (Å²) in [5.41, 5.74) is 1.53. The van der Waals surface area contributed by atoms with Gasteiger partial charge >= 0.3 is 0 Å². The first-order valence-electron chi connectivity index (χ1n) is 11.5. The van der Waals surface area contributed by atoms with Gasteiger partial charge < -0.3 is 15.0 Å². The largest absolute Gasteiger partial charge is 0.475 e. The van der Waals surface area contributed by atoms with Gasteiger partial charge in [0.1, 0.15) is 12.3 Å². The molecule has 2 aromatic heterocycles. The van der Waals surface area contributed by atoms with Crippen molar-refractivity contribution in [3.63, 3.8) is 0 Å². The Bertz CT molecular complexity index is 1350. The van der Waals surface area contributed by atoms with Gasteiger partial charge in [-0.1, -0.05) is 54.6 Å². The van der Waals surface area contributed by atoms with Crippen LogP contribution in [0.5, 0.6) is 5.88 Å². The number of amides is 2. The highest BCUT2D eigenvalue weighted by Crippen LogP contribution is 2.27. The Hall–Kier alpha value is -4.04. The Morgan fingerprint density at radius 1 is 1.11 bits per heavy atom. The van der Waals surface area contributed by atoms with Gasteiger partial charge in [0.05, 0.1) is 17.6 Å². The molecule has 4 aromatic rings. The summed E-state index contributed by atoms with van der Waals surface area (Å²) in [7, 11) is 0. The number of carbonyl (C=O) groups is 2. The lowest BCUT2D eigenvalue weighted by Crippen LogP contribution is -2.29. The third kappa shape index (κ3) is 5.55. The molecule has 1 N–H and O–H groups in total. The molecule has 0 spiro atoms. The molecule has 1 fully saturated rings. The average Bonchev–Trinajstić information content (AvgIpc) is 3.50. The van der Waals surface area contributed by atoms with E-state index in [1.54, 1.807) is 4.90 Å². The molecule has 0 atom stereocenters. The van der Waals surface area contributed by atoms with Crippen LogP contribution < -0.4 is 10.1 Å². The number of aromatic nitrogens is 2. The number of benzene rings is 2. The summed E-state index contributed by atoms with van der Waals surface area (Å²) < 4.78 is 6.81. The standard InChI is InChI=1S/C27H24N4O3S/c32-25-11-6-14-31(25)15-16-34-24-18-28-21(13-12-19-7-2-1-3-8-19)26(29-24)30-27(33)23-17-20-9-4-5-10-22(20)35-23/h1-5,7-10,12-13,17-18H,6,11,14-16H2,(H,29,30,33)/b13-12-. The van der Waals surface area contributed by atoms with Crippen molar-refractivity contribution in [2.45, 2.75) is 12.8 Å². The fraction of sp³-hybridized carbons (Fsp3) is 0.185. The fourth-order valence-corrected chi connectivity index (χ4v) is 4.83. The van der Waals surface area contributed by atoms with Crippen molar-refractivity contribution in [1.82, 2.24) is 14.9 Å². The van der Waals surface area contributed by atoms with Crippen LogP contribution in [-0.4, -0.2) is 46.4 Å². The van der Waals surface area contributed by atoms with Gasteiger partial charge in [0.25, 0.3) is 5.91 Å². The zero-order valence-corrected chi connectivity index (χ0v) is 19.8. The minimum Gasteiger partial charge on any atom is -0.475 e. The van der Waals surface area contributed by atoms with Crippen molar-refractivity contribution in [2.24, 2.45) is 0 Å². The molecule has 8 heteroatoms. The maximum absolute atomic E-state index is 13.1. The molecule has 0 unspecified atom stereocenters. The number of hydrogen-bond acceptors (Lipinski definition) is 6. The van der Waals surface area contributed by atoms with E-state index in [0.717, 1.165) is 28.6 Å². The first kappa shape index (κ1) is 22.7. The SMILES string of the molecule is O=C(Nc1nc(OCCN2CCCC2=O)cnc1/C=C\c1ccccc1)c1cc2ccccc2s1. The lowest BCUT2D eigenvalue weighted by molar-refractivity contribution is -0.128. The molecule has 2 amide bonds. The minimum absolute atomic E-state index is 0.150. The summed E-state index contributed by atoms with van der Waals surface area (Å²) in [5.74, 6) is 0.501. The van der Waals surface area contributed by atoms with Crippen LogP contribution in [0.4, 0.5) is 5.82 Å². The molecule has 1 aliphatic rings. The van der Waals surface area contributed by atoms with Gasteiger partial charge in [0.15, 0.2) is 5.82 Å². The molecular formula is C27H24N4O3S. The highest BCUT2D eigenvalue weighted by Gasteiger charge is 2.20. The average molecular weight is 485 g/mol. The predicted molar refractivity (Wildman–Crippen MR) is 138 cm³/mol. The zero-order valence-electron chi connectivity index (χ0n) is 19.0. The normalized spacial score (nSPS) is 13.6. The van der Waals surface area contributed by atoms with Crippen LogP contribution in [-0.2, 0) is 4.79 Å². The van der Waals surface area contributed by atoms with E-state index in [0.29, 0.717) is 41.8 Å². The van der Waals surface area contributed by atoms with Gasteiger partial charge in [-0.3, -0.25) is 9.59 Å². The number of fused-ring (bicyclic) bond motifs is 1. The van der Waals surface area contributed by atoms with Crippen LogP contribution in [0.3, 0.4) is 0 Å². The van der Waals surface area contributed by atoms with Crippen molar-refractivity contribution in [3.05, 3.63) is 83.0 Å². The zero-order chi connectivity index (χ0) is 24.0. The monoisotopic (exact) mass is 484 g/mol. The Labute approximate surface area is 207 Å². The first-order valence-corrected chi connectivity index (χ1v) is 12.3. The number of nitrogens with zero attached hydrogens (tertiary/aromatic N) is 3. The van der Waals surface area contributed by atoms with Crippen LogP contribution >= 0.6 is 11.3 Å². The van der Waals surface area contributed by atoms with E-state index < -0.39 is 0 Å². The molecule has 3 heterocycles. The first-order chi connectivity index (χ1) is 17.2. The molecule has 0 aliphatic carbocycles. The van der Waals surface area contributed by atoms with Gasteiger partial charge in [-0.2, -0.15) is 4.98 Å². The third-order valence-corrected chi connectivity index (χ3v) is 6.79. The topological polar surface area (TPSA) is 84.4 Å². The summed E-state index contributed by atoms with van der Waals surface area (Å²) >= 11 is 1.43. The molecule has 35 heavy (non-hydrogen) atoms. The number of anilines is 1. The summed E-state index contributed by atoms with van der Waals surface area (Å²) in [5, 5.41) is 3.93. The van der Waals surface area contributed by atoms with Gasteiger partial charge in [0.2, 0.25) is 11.8 Å². The lowest BCUT2D eigenvalue weighted by atomic mass is 10.2. The van der Waals surface area contributed by atoms with E-state index >= 15 is 0 Å². The lowest BCUT2D eigenvalue weighted by Gasteiger charge is -2.15. The Morgan fingerprint density at radius 3 is 2.74 bits per heavy atom. The number of thiophene rings is 1. The van der Waals surface area contributed by atoms with Gasteiger partial charge in [-0.25, -0.2) is 4.98 Å². The molecule has 0 saturated carbocycles. The minimum atomic E-state index is -0.255. The summed E-state index contributed by atoms with van der Waals surface area (Å²) in [6.07, 6.45) is 6.74. The molecule has 176 valence electrons. The van der Waals surface area contributed by atoms with Crippen LogP contribution in [0.2, 0.25) is 0 Å². The fourth-order valence-electron chi connectivity index (χ4n) is 3.87. The summed E-state index contributed by atoms with van der Waals surface area (Å²) in [4.78, 5) is 36.3. The molecule has 7 nitrogen and oxygen atoms in total. The maximum Gasteiger partial charge on any atom is 0.266 e. The number of ether oxygens (including phenoxy) is 1. The second kappa shape index (κ2) is 10.5. The predicted octanol–water partition coefficient (Wildman–Crippen LogP) is 5.12. The second-order valence-corrected chi connectivity index (χ2v) is 9.21. The molecule has 0 radical (unpaired) electrons. The molecule has 5 rings (SSSR count). The molecule has 2 aromatic carbocycles. The van der Waals surface area contributed by atoms with E-state index in [1.165, 1.54) is 17.5 Å². The summed E-state index contributed by atoms with van der Waals surface area (Å²) in [6, 6.07) is 19.6. The number of carbonyl (C=O) groups excluding carboxylic acids is 2. The van der Waals surface area contributed by atoms with Crippen molar-refractivity contribution in [1.29, 1.82) is 0 Å². The van der Waals surface area contributed by atoms with E-state index in [9.17, 15) is 9.59 Å². The number of rotatable bonds is 8. The number of likely N-dealkylation sites (tertiary alicyclic amines) is 1. The highest BCUT2D eigenvalue weighted by atomic mass is 32.1. The van der Waals surface area contributed by atoms with Crippen molar-refractivity contribution < 1.29 is 14.3 Å². The van der Waals surface area contributed by atoms with E-state index in [1.807, 2.05) is 72.8 Å². The Balaban J connectivity index is 1.36. The van der Waals surface area contributed by atoms with Crippen molar-refractivity contribution in [2.75, 3.05) is 25.0 Å². The molecule has 1 saturated heterocycles. The van der Waals surface area contributed by atoms with Crippen LogP contribution in [0.25, 0.3) is 22.2 Å².